The standard InChI is InChI=1S/C27H26O14/c1-39-16-8-13(30)18(20(33)10-2-4-12(29)5-3-10)23(36)19(16)25-26(24(37)22(35)17(9-28)40-25)41-27(38)11-6-14(31)21(34)15(32)7-11/h2-8,17,22,24-26,28-32,34-37H,9H2,1H3/t17?,22-,24?,25+,26+/m1/s1. The number of benzene rings is 3. The first-order valence-electron chi connectivity index (χ1n) is 11.9. The normalized spacial score (nSPS) is 22.2. The van der Waals surface area contributed by atoms with Gasteiger partial charge in [-0.25, -0.2) is 4.79 Å². The number of rotatable bonds is 7. The van der Waals surface area contributed by atoms with Crippen LogP contribution in [0.5, 0.6) is 40.2 Å². The maximum Gasteiger partial charge on any atom is 0.338 e. The molecule has 1 fully saturated rings. The third-order valence-corrected chi connectivity index (χ3v) is 6.56. The first-order chi connectivity index (χ1) is 19.4. The Labute approximate surface area is 231 Å². The summed E-state index contributed by atoms with van der Waals surface area (Å²) in [6.45, 7) is -0.838. The van der Waals surface area contributed by atoms with Gasteiger partial charge in [-0.2, -0.15) is 0 Å². The Morgan fingerprint density at radius 3 is 2.00 bits per heavy atom. The molecule has 0 spiro atoms. The van der Waals surface area contributed by atoms with Crippen molar-refractivity contribution in [3.63, 3.8) is 0 Å². The van der Waals surface area contributed by atoms with Crippen molar-refractivity contribution in [2.75, 3.05) is 13.7 Å². The summed E-state index contributed by atoms with van der Waals surface area (Å²) >= 11 is 0. The molecule has 0 saturated carbocycles. The number of ketones is 1. The molecule has 0 aromatic heterocycles. The zero-order chi connectivity index (χ0) is 30.2. The van der Waals surface area contributed by atoms with Gasteiger partial charge in [-0.05, 0) is 36.4 Å². The van der Waals surface area contributed by atoms with Crippen molar-refractivity contribution >= 4 is 11.8 Å². The molecule has 3 aromatic rings. The van der Waals surface area contributed by atoms with E-state index in [0.29, 0.717) is 0 Å². The number of esters is 1. The third-order valence-electron chi connectivity index (χ3n) is 6.56. The Balaban J connectivity index is 1.84. The number of phenolic OH excluding ortho intramolecular Hbond substituents is 6. The minimum Gasteiger partial charge on any atom is -0.508 e. The summed E-state index contributed by atoms with van der Waals surface area (Å²) in [6, 6.07) is 7.32. The number of aliphatic hydroxyl groups excluding tert-OH is 3. The molecule has 14 nitrogen and oxygen atoms in total. The van der Waals surface area contributed by atoms with E-state index in [0.717, 1.165) is 25.3 Å². The molecular formula is C27H26O14. The molecule has 14 heteroatoms. The van der Waals surface area contributed by atoms with Crippen molar-refractivity contribution in [3.8, 4) is 40.2 Å². The number of aromatic hydroxyl groups is 6. The molecule has 0 radical (unpaired) electrons. The molecule has 5 atom stereocenters. The van der Waals surface area contributed by atoms with Crippen LogP contribution in [0.2, 0.25) is 0 Å². The van der Waals surface area contributed by atoms with Gasteiger partial charge in [-0.3, -0.25) is 4.79 Å². The van der Waals surface area contributed by atoms with Crippen molar-refractivity contribution in [2.45, 2.75) is 30.5 Å². The van der Waals surface area contributed by atoms with Gasteiger partial charge < -0.3 is 60.2 Å². The molecule has 1 heterocycles. The van der Waals surface area contributed by atoms with Crippen LogP contribution in [0.3, 0.4) is 0 Å². The van der Waals surface area contributed by atoms with E-state index in [2.05, 4.69) is 0 Å². The maximum atomic E-state index is 13.2. The molecule has 1 aliphatic rings. The minimum absolute atomic E-state index is 0.0484. The third kappa shape index (κ3) is 5.36. The molecule has 218 valence electrons. The lowest BCUT2D eigenvalue weighted by Gasteiger charge is -2.42. The Hall–Kier alpha value is -4.76. The van der Waals surface area contributed by atoms with Gasteiger partial charge in [0.2, 0.25) is 5.78 Å². The Kier molecular flexibility index (Phi) is 8.12. The fourth-order valence-corrected chi connectivity index (χ4v) is 4.44. The number of carbonyl (C=O) groups is 2. The van der Waals surface area contributed by atoms with Crippen molar-refractivity contribution in [2.24, 2.45) is 0 Å². The summed E-state index contributed by atoms with van der Waals surface area (Å²) in [4.78, 5) is 26.2. The second kappa shape index (κ2) is 11.4. The van der Waals surface area contributed by atoms with Gasteiger partial charge in [-0.1, -0.05) is 0 Å². The van der Waals surface area contributed by atoms with Crippen molar-refractivity contribution < 1.29 is 69.8 Å². The highest BCUT2D eigenvalue weighted by Gasteiger charge is 2.49. The summed E-state index contributed by atoms with van der Waals surface area (Å²) in [5, 5.41) is 91.6. The molecule has 1 saturated heterocycles. The molecule has 2 unspecified atom stereocenters. The molecular weight excluding hydrogens is 548 g/mol. The summed E-state index contributed by atoms with van der Waals surface area (Å²) in [6.07, 6.45) is -8.89. The van der Waals surface area contributed by atoms with Crippen LogP contribution in [0.25, 0.3) is 0 Å². The summed E-state index contributed by atoms with van der Waals surface area (Å²) in [5.74, 6) is -6.92. The van der Waals surface area contributed by atoms with Crippen molar-refractivity contribution in [1.29, 1.82) is 0 Å². The second-order valence-corrected chi connectivity index (χ2v) is 9.10. The Morgan fingerprint density at radius 1 is 0.829 bits per heavy atom. The summed E-state index contributed by atoms with van der Waals surface area (Å²) in [5.41, 5.74) is -1.60. The molecule has 0 amide bonds. The van der Waals surface area contributed by atoms with Gasteiger partial charge in [0, 0.05) is 11.6 Å². The quantitative estimate of drug-likeness (QED) is 0.106. The number of ether oxygens (including phenoxy) is 3. The van der Waals surface area contributed by atoms with E-state index < -0.39 is 94.3 Å². The zero-order valence-electron chi connectivity index (χ0n) is 21.2. The summed E-state index contributed by atoms with van der Waals surface area (Å²) in [7, 11) is 1.14. The van der Waals surface area contributed by atoms with Crippen molar-refractivity contribution in [3.05, 3.63) is 64.7 Å². The number of aliphatic hydroxyl groups is 3. The number of carbonyl (C=O) groups excluding carboxylic acids is 2. The monoisotopic (exact) mass is 574 g/mol. The van der Waals surface area contributed by atoms with Crippen LogP contribution in [0, 0.1) is 0 Å². The smallest absolute Gasteiger partial charge is 0.338 e. The lowest BCUT2D eigenvalue weighted by atomic mass is 9.88. The molecule has 0 aliphatic carbocycles. The molecule has 1 aliphatic heterocycles. The van der Waals surface area contributed by atoms with E-state index in [1.807, 2.05) is 0 Å². The minimum atomic E-state index is -1.97. The topological polar surface area (TPSA) is 244 Å². The van der Waals surface area contributed by atoms with Crippen LogP contribution >= 0.6 is 0 Å². The maximum absolute atomic E-state index is 13.2. The SMILES string of the molecule is COc1cc(O)c(C(=O)c2ccc(O)cc2)c(O)c1[C@@H]1OC(CO)[C@@H](O)C(O)[C@@H]1OC(=O)c1cc(O)c(O)c(O)c1. The van der Waals surface area contributed by atoms with Crippen LogP contribution in [0.4, 0.5) is 0 Å². The number of phenols is 6. The Morgan fingerprint density at radius 2 is 1.44 bits per heavy atom. The first-order valence-corrected chi connectivity index (χ1v) is 11.9. The highest BCUT2D eigenvalue weighted by atomic mass is 16.6. The van der Waals surface area contributed by atoms with Gasteiger partial charge in [-0.15, -0.1) is 0 Å². The highest BCUT2D eigenvalue weighted by Crippen LogP contribution is 2.48. The zero-order valence-corrected chi connectivity index (χ0v) is 21.2. The van der Waals surface area contributed by atoms with Crippen LogP contribution < -0.4 is 4.74 Å². The van der Waals surface area contributed by atoms with E-state index in [1.54, 1.807) is 0 Å². The molecule has 0 bridgehead atoms. The molecule has 9 N–H and O–H groups in total. The van der Waals surface area contributed by atoms with E-state index in [9.17, 15) is 55.5 Å². The fraction of sp³-hybridized carbons (Fsp3) is 0.259. The second-order valence-electron chi connectivity index (χ2n) is 9.10. The van der Waals surface area contributed by atoms with Gasteiger partial charge in [0.25, 0.3) is 0 Å². The van der Waals surface area contributed by atoms with Gasteiger partial charge in [0.1, 0.15) is 53.0 Å². The fourth-order valence-electron chi connectivity index (χ4n) is 4.44. The number of hydrogen-bond acceptors (Lipinski definition) is 14. The largest absolute Gasteiger partial charge is 0.508 e. The highest BCUT2D eigenvalue weighted by molar-refractivity contribution is 6.13. The van der Waals surface area contributed by atoms with Crippen LogP contribution in [0.1, 0.15) is 37.9 Å². The predicted octanol–water partition coefficient (Wildman–Crippen LogP) is 0.539. The van der Waals surface area contributed by atoms with Gasteiger partial charge >= 0.3 is 5.97 Å². The predicted molar refractivity (Wildman–Crippen MR) is 135 cm³/mol. The van der Waals surface area contributed by atoms with E-state index >= 15 is 0 Å². The Bertz CT molecular complexity index is 1440. The number of hydrogen-bond donors (Lipinski definition) is 9. The van der Waals surface area contributed by atoms with E-state index in [1.165, 1.54) is 24.3 Å². The summed E-state index contributed by atoms with van der Waals surface area (Å²) < 4.78 is 16.3. The lowest BCUT2D eigenvalue weighted by Crippen LogP contribution is -2.56. The molecule has 4 rings (SSSR count). The van der Waals surface area contributed by atoms with Crippen LogP contribution in [-0.4, -0.2) is 95.8 Å². The van der Waals surface area contributed by atoms with Crippen molar-refractivity contribution in [1.82, 2.24) is 0 Å². The van der Waals surface area contributed by atoms with Crippen LogP contribution in [-0.2, 0) is 9.47 Å². The first kappa shape index (κ1) is 29.2. The molecule has 3 aromatic carbocycles. The average Bonchev–Trinajstić information content (AvgIpc) is 2.94. The average molecular weight is 574 g/mol. The lowest BCUT2D eigenvalue weighted by molar-refractivity contribution is -0.232. The van der Waals surface area contributed by atoms with E-state index in [-0.39, 0.29) is 17.1 Å². The van der Waals surface area contributed by atoms with Gasteiger partial charge in [0.05, 0.1) is 24.8 Å². The number of methoxy groups -OCH3 is 1. The van der Waals surface area contributed by atoms with E-state index in [4.69, 9.17) is 14.2 Å². The molecule has 41 heavy (non-hydrogen) atoms. The van der Waals surface area contributed by atoms with Crippen LogP contribution in [0.15, 0.2) is 42.5 Å². The van der Waals surface area contributed by atoms with Gasteiger partial charge in [0.15, 0.2) is 23.4 Å².